The van der Waals surface area contributed by atoms with E-state index in [1.54, 1.807) is 42.5 Å². The Balaban J connectivity index is 1.65. The van der Waals surface area contributed by atoms with Crippen molar-refractivity contribution in [2.24, 2.45) is 0 Å². The van der Waals surface area contributed by atoms with Gasteiger partial charge in [-0.2, -0.15) is 0 Å². The Hall–Kier alpha value is -3.09. The van der Waals surface area contributed by atoms with E-state index in [4.69, 9.17) is 4.74 Å². The molecule has 0 spiro atoms. The van der Waals surface area contributed by atoms with Crippen LogP contribution in [0.15, 0.2) is 48.5 Å². The average Bonchev–Trinajstić information content (AvgIpc) is 2.66. The highest BCUT2D eigenvalue weighted by Crippen LogP contribution is 2.15. The normalized spacial score (nSPS) is 10.1. The molecule has 0 aliphatic carbocycles. The van der Waals surface area contributed by atoms with Gasteiger partial charge in [0.05, 0.1) is 13.7 Å². The van der Waals surface area contributed by atoms with Gasteiger partial charge in [0.1, 0.15) is 0 Å². The van der Waals surface area contributed by atoms with Gasteiger partial charge in [-0.05, 0) is 36.2 Å². The molecule has 2 N–H and O–H groups in total. The molecule has 2 aromatic rings. The predicted molar refractivity (Wildman–Crippen MR) is 95.4 cm³/mol. The van der Waals surface area contributed by atoms with Crippen LogP contribution < -0.4 is 15.4 Å². The molecule has 0 saturated carbocycles. The largest absolute Gasteiger partial charge is 0.491 e. The van der Waals surface area contributed by atoms with Crippen LogP contribution in [0.3, 0.4) is 0 Å². The number of methoxy groups -OCH3 is 1. The number of hydrogen-bond acceptors (Lipinski definition) is 4. The van der Waals surface area contributed by atoms with Crippen LogP contribution >= 0.6 is 0 Å². The van der Waals surface area contributed by atoms with Crippen LogP contribution in [0, 0.1) is 5.82 Å². The number of halogens is 1. The molecule has 0 saturated heterocycles. The number of hydrogen-bond donors (Lipinski definition) is 2. The quantitative estimate of drug-likeness (QED) is 0.707. The topological polar surface area (TPSA) is 76.7 Å². The van der Waals surface area contributed by atoms with Gasteiger partial charge in [-0.3, -0.25) is 10.1 Å². The molecule has 6 nitrogen and oxygen atoms in total. The van der Waals surface area contributed by atoms with E-state index in [0.29, 0.717) is 18.7 Å². The fourth-order valence-electron chi connectivity index (χ4n) is 2.14. The lowest BCUT2D eigenvalue weighted by Crippen LogP contribution is -2.23. The molecular formula is C19H21FN2O4. The summed E-state index contributed by atoms with van der Waals surface area (Å²) in [6.45, 7) is 0.647. The molecule has 0 atom stereocenters. The molecule has 2 rings (SSSR count). The van der Waals surface area contributed by atoms with Gasteiger partial charge in [0.25, 0.3) is 0 Å². The van der Waals surface area contributed by atoms with Crippen molar-refractivity contribution in [3.8, 4) is 5.75 Å². The van der Waals surface area contributed by atoms with Gasteiger partial charge in [0, 0.05) is 18.7 Å². The first-order valence-corrected chi connectivity index (χ1v) is 8.16. The molecule has 7 heteroatoms. The number of nitrogens with one attached hydrogen (secondary N) is 2. The Morgan fingerprint density at radius 2 is 1.81 bits per heavy atom. The van der Waals surface area contributed by atoms with Crippen LogP contribution in [0.4, 0.5) is 14.9 Å². The minimum atomic E-state index is -0.538. The number of benzene rings is 2. The number of rotatable bonds is 8. The standard InChI is InChI=1S/C19H21FN2O4/c1-25-19(24)22-15-10-8-14(9-11-15)13-21-18(23)7-4-12-26-17-6-3-2-5-16(17)20/h2-3,5-6,8-11H,4,7,12-13H2,1H3,(H,21,23)(H,22,24). The van der Waals surface area contributed by atoms with Gasteiger partial charge in [-0.1, -0.05) is 24.3 Å². The Morgan fingerprint density at radius 3 is 2.50 bits per heavy atom. The second-order valence-corrected chi connectivity index (χ2v) is 5.47. The van der Waals surface area contributed by atoms with Crippen LogP contribution in [-0.2, 0) is 16.1 Å². The number of para-hydroxylation sites is 1. The lowest BCUT2D eigenvalue weighted by Gasteiger charge is -2.08. The molecule has 0 aromatic heterocycles. The Bertz CT molecular complexity index is 735. The van der Waals surface area contributed by atoms with E-state index >= 15 is 0 Å². The number of ether oxygens (including phenoxy) is 2. The summed E-state index contributed by atoms with van der Waals surface area (Å²) in [7, 11) is 1.29. The van der Waals surface area contributed by atoms with Crippen molar-refractivity contribution in [3.63, 3.8) is 0 Å². The molecule has 0 bridgehead atoms. The van der Waals surface area contributed by atoms with Gasteiger partial charge in [-0.15, -0.1) is 0 Å². The van der Waals surface area contributed by atoms with Crippen molar-refractivity contribution >= 4 is 17.7 Å². The fraction of sp³-hybridized carbons (Fsp3) is 0.263. The Kier molecular flexibility index (Phi) is 7.42. The molecule has 2 aromatic carbocycles. The minimum absolute atomic E-state index is 0.112. The molecule has 0 fully saturated rings. The Labute approximate surface area is 151 Å². The molecular weight excluding hydrogens is 339 g/mol. The maximum Gasteiger partial charge on any atom is 0.411 e. The van der Waals surface area contributed by atoms with Crippen LogP contribution in [0.25, 0.3) is 0 Å². The third kappa shape index (κ3) is 6.43. The molecule has 0 unspecified atom stereocenters. The average molecular weight is 360 g/mol. The van der Waals surface area contributed by atoms with E-state index in [-0.39, 0.29) is 24.7 Å². The molecule has 0 aliphatic rings. The van der Waals surface area contributed by atoms with Crippen molar-refractivity contribution in [2.45, 2.75) is 19.4 Å². The van der Waals surface area contributed by atoms with Crippen molar-refractivity contribution in [3.05, 3.63) is 59.9 Å². The summed E-state index contributed by atoms with van der Waals surface area (Å²) in [5, 5.41) is 5.35. The highest BCUT2D eigenvalue weighted by molar-refractivity contribution is 5.84. The molecule has 0 heterocycles. The number of anilines is 1. The summed E-state index contributed by atoms with van der Waals surface area (Å²) in [5.74, 6) is -0.338. The minimum Gasteiger partial charge on any atom is -0.491 e. The lowest BCUT2D eigenvalue weighted by atomic mass is 10.2. The zero-order valence-electron chi connectivity index (χ0n) is 14.5. The first-order chi connectivity index (χ1) is 12.6. The molecule has 138 valence electrons. The van der Waals surface area contributed by atoms with Gasteiger partial charge >= 0.3 is 6.09 Å². The monoisotopic (exact) mass is 360 g/mol. The number of carbonyl (C=O) groups is 2. The maximum absolute atomic E-state index is 13.4. The zero-order chi connectivity index (χ0) is 18.8. The predicted octanol–water partition coefficient (Wildman–Crippen LogP) is 3.48. The summed E-state index contributed by atoms with van der Waals surface area (Å²) >= 11 is 0. The van der Waals surface area contributed by atoms with Crippen LogP contribution in [0.5, 0.6) is 5.75 Å². The van der Waals surface area contributed by atoms with E-state index < -0.39 is 11.9 Å². The number of amides is 2. The van der Waals surface area contributed by atoms with E-state index in [2.05, 4.69) is 15.4 Å². The van der Waals surface area contributed by atoms with E-state index in [0.717, 1.165) is 5.56 Å². The zero-order valence-corrected chi connectivity index (χ0v) is 14.5. The van der Waals surface area contributed by atoms with Crippen molar-refractivity contribution in [1.29, 1.82) is 0 Å². The highest BCUT2D eigenvalue weighted by atomic mass is 19.1. The molecule has 0 aliphatic heterocycles. The molecule has 0 radical (unpaired) electrons. The van der Waals surface area contributed by atoms with E-state index in [9.17, 15) is 14.0 Å². The summed E-state index contributed by atoms with van der Waals surface area (Å²) < 4.78 is 23.2. The smallest absolute Gasteiger partial charge is 0.411 e. The highest BCUT2D eigenvalue weighted by Gasteiger charge is 2.05. The van der Waals surface area contributed by atoms with Crippen LogP contribution in [0.2, 0.25) is 0 Å². The Morgan fingerprint density at radius 1 is 1.08 bits per heavy atom. The van der Waals surface area contributed by atoms with E-state index in [1.165, 1.54) is 13.2 Å². The third-order valence-electron chi connectivity index (χ3n) is 3.52. The second kappa shape index (κ2) is 10.0. The third-order valence-corrected chi connectivity index (χ3v) is 3.52. The maximum atomic E-state index is 13.4. The van der Waals surface area contributed by atoms with Crippen LogP contribution in [0.1, 0.15) is 18.4 Å². The van der Waals surface area contributed by atoms with Crippen molar-refractivity contribution in [2.75, 3.05) is 19.0 Å². The van der Waals surface area contributed by atoms with Crippen molar-refractivity contribution < 1.29 is 23.5 Å². The van der Waals surface area contributed by atoms with E-state index in [1.807, 2.05) is 0 Å². The summed E-state index contributed by atoms with van der Waals surface area (Å²) in [5.41, 5.74) is 1.51. The van der Waals surface area contributed by atoms with Gasteiger partial charge in [-0.25, -0.2) is 9.18 Å². The second-order valence-electron chi connectivity index (χ2n) is 5.47. The summed E-state index contributed by atoms with van der Waals surface area (Å²) in [6, 6.07) is 13.2. The fourth-order valence-corrected chi connectivity index (χ4v) is 2.14. The number of carbonyl (C=O) groups excluding carboxylic acids is 2. The van der Waals surface area contributed by atoms with Crippen molar-refractivity contribution in [1.82, 2.24) is 5.32 Å². The first kappa shape index (κ1) is 19.2. The first-order valence-electron chi connectivity index (χ1n) is 8.16. The lowest BCUT2D eigenvalue weighted by molar-refractivity contribution is -0.121. The van der Waals surface area contributed by atoms with Gasteiger partial charge < -0.3 is 14.8 Å². The molecule has 26 heavy (non-hydrogen) atoms. The van der Waals surface area contributed by atoms with Gasteiger partial charge in [0.2, 0.25) is 5.91 Å². The molecule has 2 amide bonds. The SMILES string of the molecule is COC(=O)Nc1ccc(CNC(=O)CCCOc2ccccc2F)cc1. The van der Waals surface area contributed by atoms with Gasteiger partial charge in [0.15, 0.2) is 11.6 Å². The summed E-state index contributed by atoms with van der Waals surface area (Å²) in [6.07, 6.45) is 0.238. The summed E-state index contributed by atoms with van der Waals surface area (Å²) in [4.78, 5) is 22.9. The van der Waals surface area contributed by atoms with Crippen LogP contribution in [-0.4, -0.2) is 25.7 Å².